The predicted molar refractivity (Wildman–Crippen MR) is 78.1 cm³/mol. The molecule has 1 heterocycles. The quantitative estimate of drug-likeness (QED) is 0.906. The maximum Gasteiger partial charge on any atom is 0.0516 e. The van der Waals surface area contributed by atoms with Crippen LogP contribution in [0, 0.1) is 13.8 Å². The molecule has 1 saturated heterocycles. The van der Waals surface area contributed by atoms with Crippen LogP contribution < -0.4 is 5.32 Å². The molecule has 1 aromatic rings. The Balaban J connectivity index is 2.11. The van der Waals surface area contributed by atoms with E-state index >= 15 is 0 Å². The van der Waals surface area contributed by atoms with Crippen molar-refractivity contribution < 1.29 is 4.21 Å². The number of rotatable bonds is 2. The van der Waals surface area contributed by atoms with Crippen LogP contribution in [-0.4, -0.2) is 21.8 Å². The van der Waals surface area contributed by atoms with Crippen LogP contribution >= 0.6 is 15.9 Å². The summed E-state index contributed by atoms with van der Waals surface area (Å²) >= 11 is 3.61. The zero-order valence-electron chi connectivity index (χ0n) is 10.3. The summed E-state index contributed by atoms with van der Waals surface area (Å²) in [5, 5.41) is 3.58. The molecule has 0 aromatic heterocycles. The summed E-state index contributed by atoms with van der Waals surface area (Å²) in [5.74, 6) is 1.67. The van der Waals surface area contributed by atoms with Crippen LogP contribution in [-0.2, 0) is 10.8 Å². The summed E-state index contributed by atoms with van der Waals surface area (Å²) in [6.07, 6.45) is 2.01. The van der Waals surface area contributed by atoms with E-state index in [0.29, 0.717) is 6.04 Å². The van der Waals surface area contributed by atoms with Crippen molar-refractivity contribution in [2.45, 2.75) is 32.7 Å². The second-order valence-corrected chi connectivity index (χ2v) is 7.26. The SMILES string of the molecule is Cc1cc(C)c(NC2CCS(=O)CC2)c(Br)c1. The summed E-state index contributed by atoms with van der Waals surface area (Å²) in [7, 11) is -0.585. The first kappa shape index (κ1) is 13.1. The highest BCUT2D eigenvalue weighted by atomic mass is 79.9. The third-order valence-corrected chi connectivity index (χ3v) is 5.18. The minimum atomic E-state index is -0.585. The molecule has 0 aliphatic carbocycles. The van der Waals surface area contributed by atoms with Crippen molar-refractivity contribution >= 4 is 32.4 Å². The van der Waals surface area contributed by atoms with Crippen LogP contribution in [0.2, 0.25) is 0 Å². The third-order valence-electron chi connectivity index (χ3n) is 3.17. The Labute approximate surface area is 114 Å². The van der Waals surface area contributed by atoms with E-state index in [0.717, 1.165) is 28.8 Å². The first-order chi connectivity index (χ1) is 8.06. The van der Waals surface area contributed by atoms with Gasteiger partial charge in [-0.3, -0.25) is 4.21 Å². The van der Waals surface area contributed by atoms with E-state index < -0.39 is 10.8 Å². The minimum absolute atomic E-state index is 0.463. The van der Waals surface area contributed by atoms with Gasteiger partial charge in [-0.05, 0) is 59.8 Å². The Hall–Kier alpha value is -0.350. The van der Waals surface area contributed by atoms with Gasteiger partial charge in [0.15, 0.2) is 0 Å². The molecule has 2 rings (SSSR count). The number of aryl methyl sites for hydroxylation is 2. The normalized spacial score (nSPS) is 24.6. The lowest BCUT2D eigenvalue weighted by Gasteiger charge is -2.25. The second kappa shape index (κ2) is 5.53. The summed E-state index contributed by atoms with van der Waals surface area (Å²) in [4.78, 5) is 0. The molecule has 0 spiro atoms. The Morgan fingerprint density at radius 1 is 1.29 bits per heavy atom. The maximum atomic E-state index is 11.3. The zero-order valence-corrected chi connectivity index (χ0v) is 12.7. The molecular weight excluding hydrogens is 298 g/mol. The van der Waals surface area contributed by atoms with E-state index in [2.05, 4.69) is 47.2 Å². The molecule has 17 heavy (non-hydrogen) atoms. The molecule has 0 saturated carbocycles. The topological polar surface area (TPSA) is 29.1 Å². The highest BCUT2D eigenvalue weighted by molar-refractivity contribution is 9.10. The van der Waals surface area contributed by atoms with Crippen LogP contribution in [0.25, 0.3) is 0 Å². The molecule has 94 valence electrons. The third kappa shape index (κ3) is 3.32. The van der Waals surface area contributed by atoms with Gasteiger partial charge in [-0.2, -0.15) is 0 Å². The Morgan fingerprint density at radius 2 is 1.94 bits per heavy atom. The van der Waals surface area contributed by atoms with E-state index in [1.54, 1.807) is 0 Å². The Morgan fingerprint density at radius 3 is 2.53 bits per heavy atom. The first-order valence-electron chi connectivity index (χ1n) is 5.94. The molecule has 0 radical (unpaired) electrons. The van der Waals surface area contributed by atoms with E-state index in [1.807, 2.05) is 0 Å². The van der Waals surface area contributed by atoms with Crippen molar-refractivity contribution in [3.05, 3.63) is 27.7 Å². The Kier molecular flexibility index (Phi) is 4.26. The van der Waals surface area contributed by atoms with Gasteiger partial charge in [-0.1, -0.05) is 6.07 Å². The van der Waals surface area contributed by atoms with E-state index in [1.165, 1.54) is 16.8 Å². The largest absolute Gasteiger partial charge is 0.381 e. The maximum absolute atomic E-state index is 11.3. The van der Waals surface area contributed by atoms with Crippen LogP contribution in [0.3, 0.4) is 0 Å². The van der Waals surface area contributed by atoms with Crippen molar-refractivity contribution in [2.24, 2.45) is 0 Å². The number of hydrogen-bond acceptors (Lipinski definition) is 2. The van der Waals surface area contributed by atoms with Crippen molar-refractivity contribution in [1.29, 1.82) is 0 Å². The number of anilines is 1. The number of nitrogens with one attached hydrogen (secondary N) is 1. The minimum Gasteiger partial charge on any atom is -0.381 e. The lowest BCUT2D eigenvalue weighted by molar-refractivity contribution is 0.623. The summed E-state index contributed by atoms with van der Waals surface area (Å²) < 4.78 is 12.4. The fraction of sp³-hybridized carbons (Fsp3) is 0.538. The van der Waals surface area contributed by atoms with Gasteiger partial charge in [-0.15, -0.1) is 0 Å². The highest BCUT2D eigenvalue weighted by Crippen LogP contribution is 2.29. The second-order valence-electron chi connectivity index (χ2n) is 4.71. The van der Waals surface area contributed by atoms with Crippen LogP contribution in [0.1, 0.15) is 24.0 Å². The molecule has 0 bridgehead atoms. The van der Waals surface area contributed by atoms with Gasteiger partial charge in [-0.25, -0.2) is 0 Å². The fourth-order valence-electron chi connectivity index (χ4n) is 2.24. The van der Waals surface area contributed by atoms with E-state index in [4.69, 9.17) is 0 Å². The molecule has 1 aliphatic heterocycles. The van der Waals surface area contributed by atoms with Crippen LogP contribution in [0.4, 0.5) is 5.69 Å². The van der Waals surface area contributed by atoms with Gasteiger partial charge in [0, 0.05) is 32.8 Å². The molecular formula is C13H18BrNOS. The first-order valence-corrected chi connectivity index (χ1v) is 8.22. The average Bonchev–Trinajstić information content (AvgIpc) is 2.26. The molecule has 2 nitrogen and oxygen atoms in total. The van der Waals surface area contributed by atoms with E-state index in [9.17, 15) is 4.21 Å². The van der Waals surface area contributed by atoms with Gasteiger partial charge in [0.05, 0.1) is 5.69 Å². The van der Waals surface area contributed by atoms with E-state index in [-0.39, 0.29) is 0 Å². The van der Waals surface area contributed by atoms with Gasteiger partial charge < -0.3 is 5.32 Å². The standard InChI is InChI=1S/C13H18BrNOS/c1-9-7-10(2)13(12(14)8-9)15-11-3-5-17(16)6-4-11/h7-8,11,15H,3-6H2,1-2H3. The summed E-state index contributed by atoms with van der Waals surface area (Å²) in [6.45, 7) is 4.23. The van der Waals surface area contributed by atoms with Gasteiger partial charge in [0.1, 0.15) is 0 Å². The van der Waals surface area contributed by atoms with Gasteiger partial charge in [0.25, 0.3) is 0 Å². The van der Waals surface area contributed by atoms with Crippen molar-refractivity contribution in [1.82, 2.24) is 0 Å². The molecule has 4 heteroatoms. The molecule has 1 N–H and O–H groups in total. The molecule has 1 fully saturated rings. The molecule has 1 aromatic carbocycles. The molecule has 0 atom stereocenters. The van der Waals surface area contributed by atoms with Crippen molar-refractivity contribution in [3.8, 4) is 0 Å². The van der Waals surface area contributed by atoms with Gasteiger partial charge in [0.2, 0.25) is 0 Å². The monoisotopic (exact) mass is 315 g/mol. The zero-order chi connectivity index (χ0) is 12.4. The number of benzene rings is 1. The highest BCUT2D eigenvalue weighted by Gasteiger charge is 2.18. The summed E-state index contributed by atoms with van der Waals surface area (Å²) in [5.41, 5.74) is 3.72. The van der Waals surface area contributed by atoms with Gasteiger partial charge >= 0.3 is 0 Å². The van der Waals surface area contributed by atoms with Crippen molar-refractivity contribution in [3.63, 3.8) is 0 Å². The van der Waals surface area contributed by atoms with Crippen molar-refractivity contribution in [2.75, 3.05) is 16.8 Å². The predicted octanol–water partition coefficient (Wildman–Crippen LogP) is 3.39. The lowest BCUT2D eigenvalue weighted by atomic mass is 10.1. The molecule has 0 unspecified atom stereocenters. The number of hydrogen-bond donors (Lipinski definition) is 1. The van der Waals surface area contributed by atoms with Crippen LogP contribution in [0.5, 0.6) is 0 Å². The molecule has 1 aliphatic rings. The number of halogens is 1. The Bertz CT molecular complexity index is 414. The fourth-order valence-corrected chi connectivity index (χ4v) is 4.33. The summed E-state index contributed by atoms with van der Waals surface area (Å²) in [6, 6.07) is 4.79. The molecule has 0 amide bonds. The van der Waals surface area contributed by atoms with Crippen LogP contribution in [0.15, 0.2) is 16.6 Å². The lowest BCUT2D eigenvalue weighted by Crippen LogP contribution is -2.29. The average molecular weight is 316 g/mol. The smallest absolute Gasteiger partial charge is 0.0516 e.